The van der Waals surface area contributed by atoms with Gasteiger partial charge in [0.2, 0.25) is 5.91 Å². The zero-order chi connectivity index (χ0) is 17.6. The minimum atomic E-state index is -0.00943. The van der Waals surface area contributed by atoms with E-state index in [2.05, 4.69) is 54.1 Å². The Balaban J connectivity index is 1.76. The Morgan fingerprint density at radius 2 is 1.76 bits per heavy atom. The van der Waals surface area contributed by atoms with Crippen molar-refractivity contribution in [3.8, 4) is 0 Å². The Bertz CT molecular complexity index is 819. The number of amides is 1. The third-order valence-electron chi connectivity index (χ3n) is 4.44. The van der Waals surface area contributed by atoms with Crippen LogP contribution in [0.4, 0.5) is 5.69 Å². The molecule has 1 N–H and O–H groups in total. The lowest BCUT2D eigenvalue weighted by Gasteiger charge is -2.20. The van der Waals surface area contributed by atoms with Crippen LogP contribution in [0.2, 0.25) is 0 Å². The molecule has 3 heteroatoms. The van der Waals surface area contributed by atoms with Crippen LogP contribution in [0.15, 0.2) is 73.1 Å². The standard InChI is InChI=1S/C22H24N2O/c1-3-18-9-11-20(12-10-18)23-22(25)16-21(24-13-4-5-14-24)19-8-6-7-17(2)15-19/h4-15,21H,3,16H2,1-2H3,(H,23,25)/t21-/m0/s1. The fourth-order valence-electron chi connectivity index (χ4n) is 3.04. The van der Waals surface area contributed by atoms with Gasteiger partial charge in [-0.25, -0.2) is 0 Å². The van der Waals surface area contributed by atoms with Crippen LogP contribution in [0.1, 0.15) is 36.1 Å². The van der Waals surface area contributed by atoms with Crippen molar-refractivity contribution in [2.45, 2.75) is 32.7 Å². The summed E-state index contributed by atoms with van der Waals surface area (Å²) in [6.07, 6.45) is 5.41. The monoisotopic (exact) mass is 332 g/mol. The first-order valence-corrected chi connectivity index (χ1v) is 8.73. The van der Waals surface area contributed by atoms with E-state index in [9.17, 15) is 4.79 Å². The number of aryl methyl sites for hydroxylation is 2. The van der Waals surface area contributed by atoms with Crippen LogP contribution >= 0.6 is 0 Å². The highest BCUT2D eigenvalue weighted by molar-refractivity contribution is 5.91. The largest absolute Gasteiger partial charge is 0.346 e. The SMILES string of the molecule is CCc1ccc(NC(=O)C[C@@H](c2cccc(C)c2)n2cccc2)cc1. The summed E-state index contributed by atoms with van der Waals surface area (Å²) in [5.74, 6) is 0.0180. The molecule has 1 atom stereocenters. The van der Waals surface area contributed by atoms with Gasteiger partial charge in [0.1, 0.15) is 0 Å². The highest BCUT2D eigenvalue weighted by Crippen LogP contribution is 2.24. The molecule has 1 amide bonds. The molecule has 0 unspecified atom stereocenters. The van der Waals surface area contributed by atoms with Crippen molar-refractivity contribution < 1.29 is 4.79 Å². The van der Waals surface area contributed by atoms with E-state index in [1.165, 1.54) is 11.1 Å². The second-order valence-corrected chi connectivity index (χ2v) is 6.36. The van der Waals surface area contributed by atoms with E-state index in [-0.39, 0.29) is 11.9 Å². The van der Waals surface area contributed by atoms with Crippen molar-refractivity contribution in [1.29, 1.82) is 0 Å². The van der Waals surface area contributed by atoms with Crippen molar-refractivity contribution in [2.75, 3.05) is 5.32 Å². The fraction of sp³-hybridized carbons (Fsp3) is 0.227. The van der Waals surface area contributed by atoms with E-state index in [1.54, 1.807) is 0 Å². The van der Waals surface area contributed by atoms with E-state index in [0.29, 0.717) is 6.42 Å². The zero-order valence-corrected chi connectivity index (χ0v) is 14.8. The summed E-state index contributed by atoms with van der Waals surface area (Å²) in [6, 6.07) is 20.4. The van der Waals surface area contributed by atoms with Gasteiger partial charge in [-0.15, -0.1) is 0 Å². The summed E-state index contributed by atoms with van der Waals surface area (Å²) in [7, 11) is 0. The molecule has 0 bridgehead atoms. The maximum Gasteiger partial charge on any atom is 0.226 e. The van der Waals surface area contributed by atoms with E-state index in [4.69, 9.17) is 0 Å². The Labute approximate surface area is 149 Å². The molecule has 0 aliphatic rings. The molecule has 128 valence electrons. The summed E-state index contributed by atoms with van der Waals surface area (Å²) >= 11 is 0. The molecule has 25 heavy (non-hydrogen) atoms. The molecule has 0 radical (unpaired) electrons. The smallest absolute Gasteiger partial charge is 0.226 e. The van der Waals surface area contributed by atoms with Gasteiger partial charge in [0.15, 0.2) is 0 Å². The normalized spacial score (nSPS) is 11.9. The van der Waals surface area contributed by atoms with Gasteiger partial charge in [-0.05, 0) is 48.7 Å². The van der Waals surface area contributed by atoms with Crippen LogP contribution < -0.4 is 5.32 Å². The van der Waals surface area contributed by atoms with E-state index < -0.39 is 0 Å². The zero-order valence-electron chi connectivity index (χ0n) is 14.8. The van der Waals surface area contributed by atoms with Gasteiger partial charge in [0.25, 0.3) is 0 Å². The van der Waals surface area contributed by atoms with Crippen molar-refractivity contribution >= 4 is 11.6 Å². The minimum Gasteiger partial charge on any atom is -0.346 e. The van der Waals surface area contributed by atoms with Gasteiger partial charge in [-0.3, -0.25) is 4.79 Å². The number of hydrogen-bond donors (Lipinski definition) is 1. The number of carbonyl (C=O) groups is 1. The Kier molecular flexibility index (Phi) is 5.34. The van der Waals surface area contributed by atoms with Gasteiger partial charge in [0.05, 0.1) is 12.5 Å². The predicted molar refractivity (Wildman–Crippen MR) is 103 cm³/mol. The first-order valence-electron chi connectivity index (χ1n) is 8.73. The number of rotatable bonds is 6. The van der Waals surface area contributed by atoms with Gasteiger partial charge in [-0.2, -0.15) is 0 Å². The lowest BCUT2D eigenvalue weighted by Crippen LogP contribution is -2.19. The van der Waals surface area contributed by atoms with Gasteiger partial charge in [-0.1, -0.05) is 48.9 Å². The first kappa shape index (κ1) is 17.0. The van der Waals surface area contributed by atoms with Crippen molar-refractivity contribution in [3.63, 3.8) is 0 Å². The van der Waals surface area contributed by atoms with Crippen LogP contribution in [0.5, 0.6) is 0 Å². The summed E-state index contributed by atoms with van der Waals surface area (Å²) in [5.41, 5.74) is 4.46. The maximum absolute atomic E-state index is 12.6. The second kappa shape index (κ2) is 7.84. The third-order valence-corrected chi connectivity index (χ3v) is 4.44. The summed E-state index contributed by atoms with van der Waals surface area (Å²) in [5, 5.41) is 3.02. The van der Waals surface area contributed by atoms with Crippen LogP contribution in [-0.2, 0) is 11.2 Å². The Hall–Kier alpha value is -2.81. The van der Waals surface area contributed by atoms with E-state index >= 15 is 0 Å². The fourth-order valence-corrected chi connectivity index (χ4v) is 3.04. The van der Waals surface area contributed by atoms with Crippen molar-refractivity contribution in [1.82, 2.24) is 4.57 Å². The molecule has 0 saturated carbocycles. The van der Waals surface area contributed by atoms with E-state index in [1.807, 2.05) is 42.7 Å². The quantitative estimate of drug-likeness (QED) is 0.679. The van der Waals surface area contributed by atoms with E-state index in [0.717, 1.165) is 17.7 Å². The number of nitrogens with one attached hydrogen (secondary N) is 1. The molecule has 1 aromatic heterocycles. The second-order valence-electron chi connectivity index (χ2n) is 6.36. The van der Waals surface area contributed by atoms with Crippen LogP contribution in [0.3, 0.4) is 0 Å². The number of hydrogen-bond acceptors (Lipinski definition) is 1. The van der Waals surface area contributed by atoms with Gasteiger partial charge < -0.3 is 9.88 Å². The van der Waals surface area contributed by atoms with Gasteiger partial charge >= 0.3 is 0 Å². The molecule has 0 fully saturated rings. The summed E-state index contributed by atoms with van der Waals surface area (Å²) in [6.45, 7) is 4.20. The highest BCUT2D eigenvalue weighted by Gasteiger charge is 2.17. The molecule has 0 saturated heterocycles. The lowest BCUT2D eigenvalue weighted by molar-refractivity contribution is -0.116. The number of aromatic nitrogens is 1. The molecular weight excluding hydrogens is 308 g/mol. The topological polar surface area (TPSA) is 34.0 Å². The lowest BCUT2D eigenvalue weighted by atomic mass is 10.0. The summed E-state index contributed by atoms with van der Waals surface area (Å²) < 4.78 is 2.09. The van der Waals surface area contributed by atoms with Crippen LogP contribution in [0, 0.1) is 6.92 Å². The van der Waals surface area contributed by atoms with Crippen molar-refractivity contribution in [2.24, 2.45) is 0 Å². The number of carbonyl (C=O) groups excluding carboxylic acids is 1. The molecule has 3 nitrogen and oxygen atoms in total. The highest BCUT2D eigenvalue weighted by atomic mass is 16.1. The van der Waals surface area contributed by atoms with Crippen LogP contribution in [0.25, 0.3) is 0 Å². The molecular formula is C22H24N2O. The van der Waals surface area contributed by atoms with Crippen molar-refractivity contribution in [3.05, 3.63) is 89.7 Å². The van der Waals surface area contributed by atoms with Gasteiger partial charge in [0, 0.05) is 18.1 Å². The molecule has 0 aliphatic carbocycles. The number of nitrogens with zero attached hydrogens (tertiary/aromatic N) is 1. The Morgan fingerprint density at radius 1 is 1.04 bits per heavy atom. The predicted octanol–water partition coefficient (Wildman–Crippen LogP) is 4.98. The molecule has 0 spiro atoms. The average Bonchev–Trinajstić information content (AvgIpc) is 3.14. The molecule has 3 rings (SSSR count). The number of benzene rings is 2. The van der Waals surface area contributed by atoms with Crippen LogP contribution in [-0.4, -0.2) is 10.5 Å². The molecule has 0 aliphatic heterocycles. The third kappa shape index (κ3) is 4.38. The first-order chi connectivity index (χ1) is 12.2. The molecule has 3 aromatic rings. The molecule has 1 heterocycles. The minimum absolute atomic E-state index is 0.00943. The summed E-state index contributed by atoms with van der Waals surface area (Å²) in [4.78, 5) is 12.6. The average molecular weight is 332 g/mol. The maximum atomic E-state index is 12.6. The Morgan fingerprint density at radius 3 is 2.40 bits per heavy atom. The number of anilines is 1. The molecule has 2 aromatic carbocycles.